The van der Waals surface area contributed by atoms with E-state index in [9.17, 15) is 0 Å². The molecule has 0 radical (unpaired) electrons. The molecule has 0 aliphatic carbocycles. The van der Waals surface area contributed by atoms with Crippen molar-refractivity contribution in [3.05, 3.63) is 11.8 Å². The van der Waals surface area contributed by atoms with E-state index in [1.54, 1.807) is 0 Å². The Morgan fingerprint density at radius 2 is 1.67 bits per heavy atom. The van der Waals surface area contributed by atoms with Gasteiger partial charge in [0.15, 0.2) is 0 Å². The number of nitrogens with one attached hydrogen (secondary N) is 1. The zero-order chi connectivity index (χ0) is 15.2. The van der Waals surface area contributed by atoms with E-state index in [-0.39, 0.29) is 0 Å². The summed E-state index contributed by atoms with van der Waals surface area (Å²) in [5.41, 5.74) is 1.49. The highest BCUT2D eigenvalue weighted by Crippen LogP contribution is 2.20. The largest absolute Gasteiger partial charge is 0.501 e. The van der Waals surface area contributed by atoms with Crippen LogP contribution in [0.3, 0.4) is 0 Å². The quantitative estimate of drug-likeness (QED) is 0.448. The third-order valence-corrected chi connectivity index (χ3v) is 4.46. The molecular weight excluding hydrogens is 258 g/mol. The van der Waals surface area contributed by atoms with Gasteiger partial charge in [0.1, 0.15) is 0 Å². The van der Waals surface area contributed by atoms with Gasteiger partial charge in [0, 0.05) is 6.04 Å². The number of hydrogen-bond acceptors (Lipinski definition) is 2. The van der Waals surface area contributed by atoms with E-state index in [0.717, 1.165) is 13.2 Å². The zero-order valence-electron chi connectivity index (χ0n) is 14.5. The fourth-order valence-electron chi connectivity index (χ4n) is 3.16. The maximum Gasteiger partial charge on any atom is 0.0876 e. The molecule has 1 unspecified atom stereocenters. The smallest absolute Gasteiger partial charge is 0.0876 e. The van der Waals surface area contributed by atoms with Crippen LogP contribution < -0.4 is 5.32 Å². The minimum atomic E-state index is 0.555. The predicted molar refractivity (Wildman–Crippen MR) is 92.6 cm³/mol. The van der Waals surface area contributed by atoms with Crippen molar-refractivity contribution < 1.29 is 4.74 Å². The molecule has 1 rings (SSSR count). The molecular formula is C19H37NO. The third kappa shape index (κ3) is 9.18. The number of unbranched alkanes of at least 4 members (excludes halogenated alkanes) is 8. The maximum atomic E-state index is 5.50. The van der Waals surface area contributed by atoms with E-state index >= 15 is 0 Å². The van der Waals surface area contributed by atoms with Crippen LogP contribution >= 0.6 is 0 Å². The summed E-state index contributed by atoms with van der Waals surface area (Å²) >= 11 is 0. The van der Waals surface area contributed by atoms with Crippen molar-refractivity contribution in [2.24, 2.45) is 0 Å². The molecule has 0 fully saturated rings. The molecule has 1 heterocycles. The molecule has 0 saturated heterocycles. The molecule has 124 valence electrons. The molecule has 0 aromatic rings. The fraction of sp³-hybridized carbons (Fsp3) is 0.895. The lowest BCUT2D eigenvalue weighted by Crippen LogP contribution is -2.31. The molecule has 1 atom stereocenters. The summed E-state index contributed by atoms with van der Waals surface area (Å²) in [6.07, 6.45) is 18.4. The third-order valence-electron chi connectivity index (χ3n) is 4.46. The van der Waals surface area contributed by atoms with Gasteiger partial charge in [-0.2, -0.15) is 0 Å². The topological polar surface area (TPSA) is 21.3 Å². The van der Waals surface area contributed by atoms with Gasteiger partial charge in [0.05, 0.1) is 12.9 Å². The van der Waals surface area contributed by atoms with Gasteiger partial charge in [-0.05, 0) is 31.4 Å². The molecule has 0 spiro atoms. The molecule has 2 nitrogen and oxygen atoms in total. The van der Waals surface area contributed by atoms with Crippen LogP contribution in [0, 0.1) is 0 Å². The van der Waals surface area contributed by atoms with Crippen LogP contribution in [-0.4, -0.2) is 19.2 Å². The van der Waals surface area contributed by atoms with Gasteiger partial charge >= 0.3 is 0 Å². The van der Waals surface area contributed by atoms with Crippen LogP contribution in [0.2, 0.25) is 0 Å². The Morgan fingerprint density at radius 3 is 2.24 bits per heavy atom. The van der Waals surface area contributed by atoms with E-state index in [2.05, 4.69) is 19.2 Å². The molecule has 0 aromatic carbocycles. The average Bonchev–Trinajstić information content (AvgIpc) is 2.53. The fourth-order valence-corrected chi connectivity index (χ4v) is 3.16. The van der Waals surface area contributed by atoms with Gasteiger partial charge in [0.25, 0.3) is 0 Å². The highest BCUT2D eigenvalue weighted by Gasteiger charge is 2.15. The van der Waals surface area contributed by atoms with E-state index in [1.807, 2.05) is 6.26 Å². The van der Waals surface area contributed by atoms with Crippen LogP contribution in [0.4, 0.5) is 0 Å². The minimum absolute atomic E-state index is 0.555. The first-order valence-corrected chi connectivity index (χ1v) is 9.42. The normalized spacial score (nSPS) is 16.4. The predicted octanol–water partition coefficient (Wildman–Crippen LogP) is 5.58. The van der Waals surface area contributed by atoms with Gasteiger partial charge in [-0.1, -0.05) is 71.6 Å². The van der Waals surface area contributed by atoms with E-state index in [4.69, 9.17) is 4.74 Å². The van der Waals surface area contributed by atoms with Gasteiger partial charge in [-0.25, -0.2) is 0 Å². The van der Waals surface area contributed by atoms with E-state index in [1.165, 1.54) is 82.6 Å². The van der Waals surface area contributed by atoms with E-state index in [0.29, 0.717) is 6.04 Å². The standard InChI is InChI=1S/C19H37NO/c1-3-5-6-7-8-9-10-11-12-15-19(20-4-2)18-14-13-16-21-17-18/h17,19-20H,3-16H2,1-2H3. The maximum absolute atomic E-state index is 5.50. The Hall–Kier alpha value is -0.500. The molecule has 1 N–H and O–H groups in total. The minimum Gasteiger partial charge on any atom is -0.501 e. The summed E-state index contributed by atoms with van der Waals surface area (Å²) in [4.78, 5) is 0. The Balaban J connectivity index is 2.04. The summed E-state index contributed by atoms with van der Waals surface area (Å²) in [5.74, 6) is 0. The summed E-state index contributed by atoms with van der Waals surface area (Å²) < 4.78 is 5.50. The van der Waals surface area contributed by atoms with Crippen molar-refractivity contribution in [1.82, 2.24) is 5.32 Å². The SMILES string of the molecule is CCCCCCCCCCCC(NCC)C1=COCCC1. The molecule has 0 bridgehead atoms. The number of hydrogen-bond donors (Lipinski definition) is 1. The van der Waals surface area contributed by atoms with Gasteiger partial charge < -0.3 is 10.1 Å². The molecule has 0 saturated carbocycles. The van der Waals surface area contributed by atoms with Crippen LogP contribution in [0.1, 0.15) is 90.9 Å². The molecule has 1 aliphatic rings. The number of rotatable bonds is 13. The average molecular weight is 296 g/mol. The Labute approximate surface area is 132 Å². The van der Waals surface area contributed by atoms with Crippen LogP contribution in [0.5, 0.6) is 0 Å². The molecule has 2 heteroatoms. The van der Waals surface area contributed by atoms with Crippen molar-refractivity contribution in [3.63, 3.8) is 0 Å². The van der Waals surface area contributed by atoms with Crippen molar-refractivity contribution in [1.29, 1.82) is 0 Å². The highest BCUT2D eigenvalue weighted by molar-refractivity contribution is 5.09. The first-order chi connectivity index (χ1) is 10.4. The lowest BCUT2D eigenvalue weighted by Gasteiger charge is -2.24. The van der Waals surface area contributed by atoms with Crippen LogP contribution in [0.25, 0.3) is 0 Å². The van der Waals surface area contributed by atoms with Crippen molar-refractivity contribution >= 4 is 0 Å². The van der Waals surface area contributed by atoms with Gasteiger partial charge in [-0.3, -0.25) is 0 Å². The van der Waals surface area contributed by atoms with Gasteiger partial charge in [0.2, 0.25) is 0 Å². The summed E-state index contributed by atoms with van der Waals surface area (Å²) in [6, 6.07) is 0.555. The lowest BCUT2D eigenvalue weighted by atomic mass is 9.96. The lowest BCUT2D eigenvalue weighted by molar-refractivity contribution is 0.218. The second-order valence-corrected chi connectivity index (χ2v) is 6.39. The van der Waals surface area contributed by atoms with Crippen molar-refractivity contribution in [2.45, 2.75) is 96.9 Å². The Bertz CT molecular complexity index is 262. The molecule has 1 aliphatic heterocycles. The zero-order valence-corrected chi connectivity index (χ0v) is 14.5. The second-order valence-electron chi connectivity index (χ2n) is 6.39. The monoisotopic (exact) mass is 295 g/mol. The number of ether oxygens (including phenoxy) is 1. The van der Waals surface area contributed by atoms with Crippen LogP contribution in [-0.2, 0) is 4.74 Å². The summed E-state index contributed by atoms with van der Waals surface area (Å²) in [5, 5.41) is 3.63. The highest BCUT2D eigenvalue weighted by atomic mass is 16.5. The van der Waals surface area contributed by atoms with Crippen LogP contribution in [0.15, 0.2) is 11.8 Å². The second kappa shape index (κ2) is 13.2. The number of likely N-dealkylation sites (N-methyl/N-ethyl adjacent to an activating group) is 1. The first-order valence-electron chi connectivity index (χ1n) is 9.42. The molecule has 0 aromatic heterocycles. The summed E-state index contributed by atoms with van der Waals surface area (Å²) in [6.45, 7) is 6.45. The first kappa shape index (κ1) is 18.5. The Morgan fingerprint density at radius 1 is 1.00 bits per heavy atom. The molecule has 21 heavy (non-hydrogen) atoms. The summed E-state index contributed by atoms with van der Waals surface area (Å²) in [7, 11) is 0. The van der Waals surface area contributed by atoms with E-state index < -0.39 is 0 Å². The van der Waals surface area contributed by atoms with Crippen molar-refractivity contribution in [3.8, 4) is 0 Å². The van der Waals surface area contributed by atoms with Crippen molar-refractivity contribution in [2.75, 3.05) is 13.2 Å². The Kier molecular flexibility index (Phi) is 11.6. The van der Waals surface area contributed by atoms with Gasteiger partial charge in [-0.15, -0.1) is 0 Å². The molecule has 0 amide bonds.